The summed E-state index contributed by atoms with van der Waals surface area (Å²) in [5.74, 6) is 6.86. The van der Waals surface area contributed by atoms with Gasteiger partial charge in [0.15, 0.2) is 6.61 Å². The van der Waals surface area contributed by atoms with Crippen LogP contribution in [-0.2, 0) is 22.5 Å². The number of oxime groups is 1. The molecule has 1 aromatic carbocycles. The van der Waals surface area contributed by atoms with E-state index in [-0.39, 0.29) is 0 Å². The van der Waals surface area contributed by atoms with Crippen molar-refractivity contribution in [1.29, 1.82) is 0 Å². The molecule has 3 rings (SSSR count). The first kappa shape index (κ1) is 13.0. The number of rotatable bonds is 2. The van der Waals surface area contributed by atoms with Gasteiger partial charge in [-0.15, -0.1) is 0 Å². The number of ether oxygens (including phenoxy) is 1. The van der Waals surface area contributed by atoms with Crippen molar-refractivity contribution in [3.05, 3.63) is 35.4 Å². The molecule has 104 valence electrons. The molecule has 2 aliphatic heterocycles. The van der Waals surface area contributed by atoms with Gasteiger partial charge in [0, 0.05) is 13.1 Å². The molecule has 0 bridgehead atoms. The Morgan fingerprint density at radius 3 is 2.95 bits per heavy atom. The van der Waals surface area contributed by atoms with Crippen LogP contribution in [0.2, 0.25) is 0 Å². The monoisotopic (exact) mass is 270 g/mol. The first-order chi connectivity index (χ1) is 9.92. The molecule has 1 aromatic rings. The van der Waals surface area contributed by atoms with Gasteiger partial charge >= 0.3 is 0 Å². The van der Waals surface area contributed by atoms with E-state index in [4.69, 9.17) is 9.57 Å². The van der Waals surface area contributed by atoms with Crippen molar-refractivity contribution in [1.82, 2.24) is 4.90 Å². The van der Waals surface area contributed by atoms with Crippen LogP contribution in [0.4, 0.5) is 0 Å². The molecule has 20 heavy (non-hydrogen) atoms. The lowest BCUT2D eigenvalue weighted by molar-refractivity contribution is 0.171. The quantitative estimate of drug-likeness (QED) is 0.768. The lowest BCUT2D eigenvalue weighted by atomic mass is 10.0. The van der Waals surface area contributed by atoms with Crippen molar-refractivity contribution in [2.24, 2.45) is 5.16 Å². The van der Waals surface area contributed by atoms with Crippen LogP contribution in [0.3, 0.4) is 0 Å². The second-order valence-corrected chi connectivity index (χ2v) is 4.94. The molecule has 0 amide bonds. The molecule has 0 saturated heterocycles. The molecule has 0 atom stereocenters. The summed E-state index contributed by atoms with van der Waals surface area (Å²) in [7, 11) is 0. The largest absolute Gasteiger partial charge is 0.465 e. The SMILES string of the molecule is C(#CCN1CCc2ccccc2C1)COC1=NOCC1. The zero-order valence-electron chi connectivity index (χ0n) is 11.5. The molecule has 0 fully saturated rings. The molecule has 0 aliphatic carbocycles. The highest BCUT2D eigenvalue weighted by molar-refractivity contribution is 5.76. The summed E-state index contributed by atoms with van der Waals surface area (Å²) >= 11 is 0. The average molecular weight is 270 g/mol. The Balaban J connectivity index is 1.43. The van der Waals surface area contributed by atoms with E-state index in [0.717, 1.165) is 32.5 Å². The van der Waals surface area contributed by atoms with E-state index < -0.39 is 0 Å². The van der Waals surface area contributed by atoms with Gasteiger partial charge < -0.3 is 9.57 Å². The average Bonchev–Trinajstić information content (AvgIpc) is 3.00. The van der Waals surface area contributed by atoms with Gasteiger partial charge in [0.2, 0.25) is 5.90 Å². The lowest BCUT2D eigenvalue weighted by Crippen LogP contribution is -2.30. The highest BCUT2D eigenvalue weighted by Gasteiger charge is 2.14. The summed E-state index contributed by atoms with van der Waals surface area (Å²) in [6.45, 7) is 3.88. The first-order valence-electron chi connectivity index (χ1n) is 6.98. The molecule has 0 spiro atoms. The minimum Gasteiger partial charge on any atom is -0.465 e. The molecular formula is C16H18N2O2. The second-order valence-electron chi connectivity index (χ2n) is 4.94. The molecule has 2 heterocycles. The fourth-order valence-electron chi connectivity index (χ4n) is 2.42. The fraction of sp³-hybridized carbons (Fsp3) is 0.438. The van der Waals surface area contributed by atoms with Crippen molar-refractivity contribution < 1.29 is 9.57 Å². The Labute approximate surface area is 119 Å². The topological polar surface area (TPSA) is 34.1 Å². The van der Waals surface area contributed by atoms with Crippen LogP contribution in [0.25, 0.3) is 0 Å². The van der Waals surface area contributed by atoms with Crippen LogP contribution in [-0.4, -0.2) is 37.1 Å². The van der Waals surface area contributed by atoms with Crippen LogP contribution in [0.5, 0.6) is 0 Å². The van der Waals surface area contributed by atoms with Crippen LogP contribution >= 0.6 is 0 Å². The molecule has 0 radical (unpaired) electrons. The van der Waals surface area contributed by atoms with Crippen LogP contribution in [0, 0.1) is 11.8 Å². The third-order valence-electron chi connectivity index (χ3n) is 3.52. The van der Waals surface area contributed by atoms with Gasteiger partial charge in [0.05, 0.1) is 13.0 Å². The Hall–Kier alpha value is -1.99. The summed E-state index contributed by atoms with van der Waals surface area (Å²) in [4.78, 5) is 7.22. The molecule has 0 saturated carbocycles. The molecule has 0 aromatic heterocycles. The lowest BCUT2D eigenvalue weighted by Gasteiger charge is -2.26. The van der Waals surface area contributed by atoms with E-state index >= 15 is 0 Å². The van der Waals surface area contributed by atoms with E-state index in [0.29, 0.717) is 19.1 Å². The summed E-state index contributed by atoms with van der Waals surface area (Å²) < 4.78 is 5.38. The van der Waals surface area contributed by atoms with Crippen molar-refractivity contribution in [2.75, 3.05) is 26.3 Å². The number of hydrogen-bond acceptors (Lipinski definition) is 4. The molecule has 4 nitrogen and oxygen atoms in total. The third-order valence-corrected chi connectivity index (χ3v) is 3.52. The zero-order chi connectivity index (χ0) is 13.6. The summed E-state index contributed by atoms with van der Waals surface area (Å²) in [5, 5.41) is 3.76. The maximum atomic E-state index is 5.38. The Morgan fingerprint density at radius 2 is 2.10 bits per heavy atom. The van der Waals surface area contributed by atoms with Gasteiger partial charge in [-0.3, -0.25) is 4.90 Å². The van der Waals surface area contributed by atoms with Crippen LogP contribution in [0.1, 0.15) is 17.5 Å². The van der Waals surface area contributed by atoms with Crippen molar-refractivity contribution in [3.63, 3.8) is 0 Å². The van der Waals surface area contributed by atoms with Gasteiger partial charge in [-0.1, -0.05) is 41.3 Å². The highest BCUT2D eigenvalue weighted by atomic mass is 16.7. The maximum absolute atomic E-state index is 5.38. The van der Waals surface area contributed by atoms with Gasteiger partial charge in [0.1, 0.15) is 6.61 Å². The van der Waals surface area contributed by atoms with Gasteiger partial charge in [-0.05, 0) is 17.5 Å². The second kappa shape index (κ2) is 6.44. The molecule has 0 unspecified atom stereocenters. The van der Waals surface area contributed by atoms with E-state index in [1.165, 1.54) is 11.1 Å². The summed E-state index contributed by atoms with van der Waals surface area (Å²) in [6.07, 6.45) is 1.87. The minimum atomic E-state index is 0.395. The molecule has 4 heteroatoms. The standard InChI is InChI=1S/C16H18N2O2/c1-2-6-15-13-18(10-7-14(15)5-1)9-3-4-11-19-16-8-12-20-17-16/h1-2,5-6H,7-13H2. The number of hydrogen-bond donors (Lipinski definition) is 0. The van der Waals surface area contributed by atoms with Crippen molar-refractivity contribution >= 4 is 5.90 Å². The van der Waals surface area contributed by atoms with E-state index in [9.17, 15) is 0 Å². The van der Waals surface area contributed by atoms with E-state index in [2.05, 4.69) is 46.2 Å². The van der Waals surface area contributed by atoms with Crippen molar-refractivity contribution in [2.45, 2.75) is 19.4 Å². The fourth-order valence-corrected chi connectivity index (χ4v) is 2.42. The van der Waals surface area contributed by atoms with E-state index in [1.807, 2.05) is 0 Å². The number of benzene rings is 1. The maximum Gasteiger partial charge on any atom is 0.230 e. The van der Waals surface area contributed by atoms with Crippen LogP contribution < -0.4 is 0 Å². The summed E-state index contributed by atoms with van der Waals surface area (Å²) in [6, 6.07) is 8.64. The van der Waals surface area contributed by atoms with Gasteiger partial charge in [-0.25, -0.2) is 0 Å². The molecular weight excluding hydrogens is 252 g/mol. The predicted molar refractivity (Wildman–Crippen MR) is 77.2 cm³/mol. The Morgan fingerprint density at radius 1 is 1.20 bits per heavy atom. The zero-order valence-corrected chi connectivity index (χ0v) is 11.5. The van der Waals surface area contributed by atoms with E-state index in [1.54, 1.807) is 0 Å². The Kier molecular flexibility index (Phi) is 4.19. The van der Waals surface area contributed by atoms with Crippen LogP contribution in [0.15, 0.2) is 29.4 Å². The highest BCUT2D eigenvalue weighted by Crippen LogP contribution is 2.17. The van der Waals surface area contributed by atoms with Gasteiger partial charge in [-0.2, -0.15) is 0 Å². The Bertz CT molecular complexity index is 557. The number of fused-ring (bicyclic) bond motifs is 1. The first-order valence-corrected chi connectivity index (χ1v) is 6.98. The molecule has 0 N–H and O–H groups in total. The number of nitrogens with zero attached hydrogens (tertiary/aromatic N) is 2. The summed E-state index contributed by atoms with van der Waals surface area (Å²) in [5.41, 5.74) is 2.90. The molecule has 2 aliphatic rings. The smallest absolute Gasteiger partial charge is 0.230 e. The third kappa shape index (κ3) is 3.31. The van der Waals surface area contributed by atoms with Gasteiger partial charge in [0.25, 0.3) is 0 Å². The minimum absolute atomic E-state index is 0.395. The predicted octanol–water partition coefficient (Wildman–Crippen LogP) is 1.80. The van der Waals surface area contributed by atoms with Crippen molar-refractivity contribution in [3.8, 4) is 11.8 Å². The normalized spacial score (nSPS) is 17.5.